The third-order valence-electron chi connectivity index (χ3n) is 2.76. The molecule has 0 saturated carbocycles. The first-order valence-corrected chi connectivity index (χ1v) is 5.68. The molecule has 2 rings (SSSR count). The van der Waals surface area contributed by atoms with Crippen molar-refractivity contribution in [3.8, 4) is 0 Å². The molecule has 0 atom stereocenters. The second-order valence-corrected chi connectivity index (χ2v) is 5.44. The smallest absolute Gasteiger partial charge is 0.153 e. The van der Waals surface area contributed by atoms with Crippen LogP contribution in [0.3, 0.4) is 0 Å². The molecule has 0 aliphatic rings. The minimum Gasteiger partial charge on any atom is -0.382 e. The van der Waals surface area contributed by atoms with Gasteiger partial charge in [-0.25, -0.2) is 0 Å². The second kappa shape index (κ2) is 3.81. The van der Waals surface area contributed by atoms with Crippen molar-refractivity contribution in [2.75, 3.05) is 5.73 Å². The van der Waals surface area contributed by atoms with Crippen LogP contribution in [0.15, 0.2) is 24.3 Å². The minimum absolute atomic E-state index is 0.321. The van der Waals surface area contributed by atoms with Crippen molar-refractivity contribution < 1.29 is 0 Å². The van der Waals surface area contributed by atoms with E-state index in [4.69, 9.17) is 5.73 Å². The summed E-state index contributed by atoms with van der Waals surface area (Å²) in [5.74, 6) is 0.629. The molecule has 86 valence electrons. The van der Waals surface area contributed by atoms with Gasteiger partial charge in [0.2, 0.25) is 0 Å². The average molecular weight is 217 g/mol. The van der Waals surface area contributed by atoms with E-state index in [1.54, 1.807) is 0 Å². The van der Waals surface area contributed by atoms with Crippen LogP contribution in [0.5, 0.6) is 0 Å². The van der Waals surface area contributed by atoms with Gasteiger partial charge in [0, 0.05) is 11.9 Å². The topological polar surface area (TPSA) is 43.8 Å². The number of hydrogen-bond acceptors (Lipinski definition) is 2. The van der Waals surface area contributed by atoms with Crippen LogP contribution in [0.2, 0.25) is 0 Å². The van der Waals surface area contributed by atoms with E-state index in [2.05, 4.69) is 31.9 Å². The highest BCUT2D eigenvalue weighted by molar-refractivity contribution is 5.88. The zero-order valence-electron chi connectivity index (χ0n) is 10.2. The molecule has 0 fully saturated rings. The Morgan fingerprint density at radius 3 is 2.62 bits per heavy atom. The highest BCUT2D eigenvalue weighted by Crippen LogP contribution is 2.23. The van der Waals surface area contributed by atoms with Gasteiger partial charge in [0.15, 0.2) is 5.82 Å². The fourth-order valence-corrected chi connectivity index (χ4v) is 1.76. The van der Waals surface area contributed by atoms with Crippen molar-refractivity contribution in [3.63, 3.8) is 0 Å². The third kappa shape index (κ3) is 2.18. The first-order chi connectivity index (χ1) is 7.47. The SMILES string of the molecule is CC(C)(C)CCn1nc(N)c2ccccc21. The number of anilines is 1. The molecule has 3 nitrogen and oxygen atoms in total. The molecule has 0 amide bonds. The summed E-state index contributed by atoms with van der Waals surface area (Å²) < 4.78 is 2.01. The van der Waals surface area contributed by atoms with E-state index in [9.17, 15) is 0 Å². The van der Waals surface area contributed by atoms with Gasteiger partial charge in [0.1, 0.15) is 0 Å². The average Bonchev–Trinajstić information content (AvgIpc) is 2.53. The van der Waals surface area contributed by atoms with Crippen molar-refractivity contribution in [1.29, 1.82) is 0 Å². The van der Waals surface area contributed by atoms with Gasteiger partial charge in [-0.15, -0.1) is 0 Å². The number of benzene rings is 1. The summed E-state index contributed by atoms with van der Waals surface area (Å²) in [7, 11) is 0. The first kappa shape index (κ1) is 11.0. The van der Waals surface area contributed by atoms with E-state index >= 15 is 0 Å². The summed E-state index contributed by atoms with van der Waals surface area (Å²) in [6, 6.07) is 8.11. The van der Waals surface area contributed by atoms with Crippen molar-refractivity contribution in [3.05, 3.63) is 24.3 Å². The van der Waals surface area contributed by atoms with Gasteiger partial charge in [-0.2, -0.15) is 5.10 Å². The maximum Gasteiger partial charge on any atom is 0.153 e. The van der Waals surface area contributed by atoms with Gasteiger partial charge in [-0.3, -0.25) is 4.68 Å². The minimum atomic E-state index is 0.321. The number of fused-ring (bicyclic) bond motifs is 1. The summed E-state index contributed by atoms with van der Waals surface area (Å²) in [4.78, 5) is 0. The maximum atomic E-state index is 5.88. The molecule has 0 unspecified atom stereocenters. The van der Waals surface area contributed by atoms with Gasteiger partial charge < -0.3 is 5.73 Å². The van der Waals surface area contributed by atoms with E-state index in [0.717, 1.165) is 23.9 Å². The van der Waals surface area contributed by atoms with Crippen LogP contribution >= 0.6 is 0 Å². The molecule has 2 aromatic rings. The fourth-order valence-electron chi connectivity index (χ4n) is 1.76. The molecular formula is C13H19N3. The monoisotopic (exact) mass is 217 g/mol. The molecule has 3 heteroatoms. The van der Waals surface area contributed by atoms with E-state index in [-0.39, 0.29) is 0 Å². The Kier molecular flexibility index (Phi) is 2.62. The second-order valence-electron chi connectivity index (χ2n) is 5.44. The predicted molar refractivity (Wildman–Crippen MR) is 68.2 cm³/mol. The van der Waals surface area contributed by atoms with E-state index in [1.807, 2.05) is 22.9 Å². The van der Waals surface area contributed by atoms with Gasteiger partial charge in [0.25, 0.3) is 0 Å². The third-order valence-corrected chi connectivity index (χ3v) is 2.76. The Hall–Kier alpha value is -1.51. The number of rotatable bonds is 2. The Morgan fingerprint density at radius 1 is 1.25 bits per heavy atom. The van der Waals surface area contributed by atoms with Crippen molar-refractivity contribution in [1.82, 2.24) is 9.78 Å². The maximum absolute atomic E-state index is 5.88. The van der Waals surface area contributed by atoms with E-state index in [1.165, 1.54) is 0 Å². The molecule has 1 aromatic carbocycles. The molecule has 0 saturated heterocycles. The van der Waals surface area contributed by atoms with E-state index in [0.29, 0.717) is 11.2 Å². The largest absolute Gasteiger partial charge is 0.382 e. The summed E-state index contributed by atoms with van der Waals surface area (Å²) >= 11 is 0. The normalized spacial score (nSPS) is 12.2. The number of nitrogens with zero attached hydrogens (tertiary/aromatic N) is 2. The lowest BCUT2D eigenvalue weighted by atomic mass is 9.92. The Labute approximate surface area is 96.2 Å². The summed E-state index contributed by atoms with van der Waals surface area (Å²) in [6.07, 6.45) is 1.10. The molecule has 2 N–H and O–H groups in total. The zero-order valence-corrected chi connectivity index (χ0v) is 10.2. The molecule has 0 aliphatic carbocycles. The number of nitrogen functional groups attached to an aromatic ring is 1. The predicted octanol–water partition coefficient (Wildman–Crippen LogP) is 3.05. The Balaban J connectivity index is 2.31. The van der Waals surface area contributed by atoms with E-state index < -0.39 is 0 Å². The quantitative estimate of drug-likeness (QED) is 0.840. The Morgan fingerprint density at radius 2 is 1.94 bits per heavy atom. The number of hydrogen-bond donors (Lipinski definition) is 1. The molecule has 1 aromatic heterocycles. The van der Waals surface area contributed by atoms with Crippen LogP contribution in [0.25, 0.3) is 10.9 Å². The highest BCUT2D eigenvalue weighted by Gasteiger charge is 2.12. The number of aromatic nitrogens is 2. The molecule has 0 radical (unpaired) electrons. The summed E-state index contributed by atoms with van der Waals surface area (Å²) in [5.41, 5.74) is 7.33. The molecule has 0 aliphatic heterocycles. The molecular weight excluding hydrogens is 198 g/mol. The van der Waals surface area contributed by atoms with Crippen molar-refractivity contribution in [2.45, 2.75) is 33.7 Å². The zero-order chi connectivity index (χ0) is 11.8. The lowest BCUT2D eigenvalue weighted by Crippen LogP contribution is -2.11. The first-order valence-electron chi connectivity index (χ1n) is 5.68. The standard InChI is InChI=1S/C13H19N3/c1-13(2,3)8-9-16-11-7-5-4-6-10(11)12(14)15-16/h4-7H,8-9H2,1-3H3,(H2,14,15). The molecule has 1 heterocycles. The van der Waals surface area contributed by atoms with Crippen LogP contribution < -0.4 is 5.73 Å². The highest BCUT2D eigenvalue weighted by atomic mass is 15.3. The van der Waals surface area contributed by atoms with Crippen LogP contribution in [0.4, 0.5) is 5.82 Å². The summed E-state index contributed by atoms with van der Waals surface area (Å²) in [5, 5.41) is 5.44. The van der Waals surface area contributed by atoms with Crippen molar-refractivity contribution in [2.24, 2.45) is 5.41 Å². The number of para-hydroxylation sites is 1. The lowest BCUT2D eigenvalue weighted by Gasteiger charge is -2.17. The van der Waals surface area contributed by atoms with Crippen molar-refractivity contribution >= 4 is 16.7 Å². The van der Waals surface area contributed by atoms with Crippen LogP contribution in [0.1, 0.15) is 27.2 Å². The fraction of sp³-hybridized carbons (Fsp3) is 0.462. The number of aryl methyl sites for hydroxylation is 1. The number of nitrogens with two attached hydrogens (primary N) is 1. The van der Waals surface area contributed by atoms with Crippen LogP contribution in [-0.4, -0.2) is 9.78 Å². The summed E-state index contributed by atoms with van der Waals surface area (Å²) in [6.45, 7) is 7.63. The van der Waals surface area contributed by atoms with Gasteiger partial charge in [-0.05, 0) is 24.0 Å². The molecule has 16 heavy (non-hydrogen) atoms. The molecule has 0 bridgehead atoms. The van der Waals surface area contributed by atoms with Gasteiger partial charge in [0.05, 0.1) is 5.52 Å². The molecule has 0 spiro atoms. The Bertz CT molecular complexity index is 491. The van der Waals surface area contributed by atoms with Gasteiger partial charge in [-0.1, -0.05) is 32.9 Å². The van der Waals surface area contributed by atoms with Gasteiger partial charge >= 0.3 is 0 Å². The lowest BCUT2D eigenvalue weighted by molar-refractivity contribution is 0.344. The van der Waals surface area contributed by atoms with Crippen LogP contribution in [-0.2, 0) is 6.54 Å². The van der Waals surface area contributed by atoms with Crippen LogP contribution in [0, 0.1) is 5.41 Å².